The Morgan fingerprint density at radius 3 is 2.28 bits per heavy atom. The Morgan fingerprint density at radius 1 is 1.17 bits per heavy atom. The van der Waals surface area contributed by atoms with Crippen molar-refractivity contribution < 1.29 is 17.6 Å². The molecular weight excluding hydrogens is 501 g/mol. The monoisotopic (exact) mass is 531 g/mol. The minimum atomic E-state index is -4.20. The van der Waals surface area contributed by atoms with Gasteiger partial charge in [0.15, 0.2) is 5.96 Å². The van der Waals surface area contributed by atoms with E-state index < -0.39 is 12.2 Å². The summed E-state index contributed by atoms with van der Waals surface area (Å²) in [5.74, 6) is 0.455. The quantitative estimate of drug-likeness (QED) is 0.265. The third kappa shape index (κ3) is 8.25. The molecule has 0 bridgehead atoms. The third-order valence-electron chi connectivity index (χ3n) is 4.99. The van der Waals surface area contributed by atoms with Gasteiger partial charge in [0.25, 0.3) is 0 Å². The van der Waals surface area contributed by atoms with E-state index in [-0.39, 0.29) is 29.8 Å². The number of hydrogen-bond acceptors (Lipinski definition) is 3. The molecule has 0 aliphatic carbocycles. The molecule has 2 rings (SSSR count). The molecular formula is C19H30F4IN5. The van der Waals surface area contributed by atoms with E-state index in [0.717, 1.165) is 12.1 Å². The van der Waals surface area contributed by atoms with Gasteiger partial charge in [-0.05, 0) is 31.7 Å². The Bertz CT molecular complexity index is 630. The predicted molar refractivity (Wildman–Crippen MR) is 118 cm³/mol. The maximum absolute atomic E-state index is 13.0. The third-order valence-corrected chi connectivity index (χ3v) is 4.99. The van der Waals surface area contributed by atoms with E-state index in [4.69, 9.17) is 0 Å². The van der Waals surface area contributed by atoms with Crippen LogP contribution in [0.2, 0.25) is 0 Å². The summed E-state index contributed by atoms with van der Waals surface area (Å²) in [7, 11) is 3.65. The second kappa shape index (κ2) is 11.9. The number of benzene rings is 1. The van der Waals surface area contributed by atoms with Crippen molar-refractivity contribution in [3.05, 3.63) is 35.6 Å². The van der Waals surface area contributed by atoms with Crippen molar-refractivity contribution in [2.24, 2.45) is 4.99 Å². The fraction of sp³-hybridized carbons (Fsp3) is 0.632. The topological polar surface area (TPSA) is 34.1 Å². The van der Waals surface area contributed by atoms with Gasteiger partial charge in [0.1, 0.15) is 11.9 Å². The van der Waals surface area contributed by atoms with Gasteiger partial charge < -0.3 is 15.1 Å². The first-order chi connectivity index (χ1) is 13.2. The van der Waals surface area contributed by atoms with Crippen molar-refractivity contribution in [2.45, 2.75) is 25.7 Å². The molecule has 1 aliphatic heterocycles. The molecule has 1 N–H and O–H groups in total. The smallest absolute Gasteiger partial charge is 0.355 e. The molecule has 0 aromatic heterocycles. The molecule has 0 spiro atoms. The highest BCUT2D eigenvalue weighted by Gasteiger charge is 2.41. The van der Waals surface area contributed by atoms with Crippen LogP contribution in [0.1, 0.15) is 12.5 Å². The van der Waals surface area contributed by atoms with Gasteiger partial charge in [-0.2, -0.15) is 13.2 Å². The normalized spacial score (nSPS) is 17.2. The van der Waals surface area contributed by atoms with Crippen molar-refractivity contribution in [3.8, 4) is 0 Å². The van der Waals surface area contributed by atoms with Crippen LogP contribution in [0.25, 0.3) is 0 Å². The number of guanidine groups is 1. The van der Waals surface area contributed by atoms with Crippen LogP contribution in [0.15, 0.2) is 29.3 Å². The van der Waals surface area contributed by atoms with Crippen LogP contribution >= 0.6 is 24.0 Å². The molecule has 1 aromatic rings. The fourth-order valence-corrected chi connectivity index (χ4v) is 3.20. The van der Waals surface area contributed by atoms with Crippen LogP contribution < -0.4 is 5.32 Å². The molecule has 1 unspecified atom stereocenters. The standard InChI is InChI=1S/C19H29F4N5.HI/c1-15(19(21,22)23)27-10-12-28(13-11-27)18(24-2)25-8-9-26(3)14-16-4-6-17(20)7-5-16;/h4-7,15H,8-14H2,1-3H3,(H,24,25);1H. The number of aliphatic imine (C=N–C) groups is 1. The van der Waals surface area contributed by atoms with Crippen LogP contribution in [0, 0.1) is 5.82 Å². The molecule has 0 amide bonds. The van der Waals surface area contributed by atoms with E-state index in [9.17, 15) is 17.6 Å². The number of rotatable bonds is 6. The molecule has 1 atom stereocenters. The Kier molecular flexibility index (Phi) is 10.6. The summed E-state index contributed by atoms with van der Waals surface area (Å²) in [6.45, 7) is 5.04. The summed E-state index contributed by atoms with van der Waals surface area (Å²) in [6, 6.07) is 4.99. The lowest BCUT2D eigenvalue weighted by atomic mass is 10.2. The molecule has 5 nitrogen and oxygen atoms in total. The van der Waals surface area contributed by atoms with Crippen molar-refractivity contribution in [1.82, 2.24) is 20.0 Å². The van der Waals surface area contributed by atoms with E-state index in [0.29, 0.717) is 45.2 Å². The lowest BCUT2D eigenvalue weighted by Gasteiger charge is -2.39. The lowest BCUT2D eigenvalue weighted by Crippen LogP contribution is -2.57. The van der Waals surface area contributed by atoms with Gasteiger partial charge in [-0.15, -0.1) is 24.0 Å². The SMILES string of the molecule is CN=C(NCCN(C)Cc1ccc(F)cc1)N1CCN(C(C)C(F)(F)F)CC1.I. The van der Waals surface area contributed by atoms with Crippen molar-refractivity contribution in [2.75, 3.05) is 53.4 Å². The summed E-state index contributed by atoms with van der Waals surface area (Å²) in [4.78, 5) is 9.80. The number of nitrogens with one attached hydrogen (secondary N) is 1. The molecule has 10 heteroatoms. The van der Waals surface area contributed by atoms with E-state index in [1.165, 1.54) is 24.0 Å². The van der Waals surface area contributed by atoms with Gasteiger partial charge in [0.05, 0.1) is 0 Å². The summed E-state index contributed by atoms with van der Waals surface area (Å²) in [5.41, 5.74) is 1.03. The highest BCUT2D eigenvalue weighted by atomic mass is 127. The average molecular weight is 531 g/mol. The maximum Gasteiger partial charge on any atom is 0.403 e. The second-order valence-corrected chi connectivity index (χ2v) is 7.08. The molecule has 1 heterocycles. The first-order valence-electron chi connectivity index (χ1n) is 9.40. The molecule has 166 valence electrons. The number of halogens is 5. The highest BCUT2D eigenvalue weighted by Crippen LogP contribution is 2.25. The minimum Gasteiger partial charge on any atom is -0.355 e. The van der Waals surface area contributed by atoms with E-state index >= 15 is 0 Å². The van der Waals surface area contributed by atoms with Crippen molar-refractivity contribution >= 4 is 29.9 Å². The van der Waals surface area contributed by atoms with E-state index in [2.05, 4.69) is 15.2 Å². The zero-order valence-electron chi connectivity index (χ0n) is 17.0. The zero-order valence-corrected chi connectivity index (χ0v) is 19.4. The van der Waals surface area contributed by atoms with Crippen molar-refractivity contribution in [1.29, 1.82) is 0 Å². The average Bonchev–Trinajstić information content (AvgIpc) is 2.66. The van der Waals surface area contributed by atoms with Crippen LogP contribution in [0.5, 0.6) is 0 Å². The molecule has 1 fully saturated rings. The predicted octanol–water partition coefficient (Wildman–Crippen LogP) is 3.02. The lowest BCUT2D eigenvalue weighted by molar-refractivity contribution is -0.181. The van der Waals surface area contributed by atoms with Crippen LogP contribution in [-0.2, 0) is 6.54 Å². The van der Waals surface area contributed by atoms with Crippen LogP contribution in [0.3, 0.4) is 0 Å². The van der Waals surface area contributed by atoms with Crippen LogP contribution in [0.4, 0.5) is 17.6 Å². The van der Waals surface area contributed by atoms with Gasteiger partial charge >= 0.3 is 6.18 Å². The van der Waals surface area contributed by atoms with E-state index in [1.807, 2.05) is 11.9 Å². The summed E-state index contributed by atoms with van der Waals surface area (Å²) in [6.07, 6.45) is -4.20. The molecule has 1 aliphatic rings. The summed E-state index contributed by atoms with van der Waals surface area (Å²) in [5, 5.41) is 3.27. The first kappa shape index (κ1) is 25.9. The fourth-order valence-electron chi connectivity index (χ4n) is 3.20. The molecule has 0 radical (unpaired) electrons. The maximum atomic E-state index is 13.0. The van der Waals surface area contributed by atoms with Gasteiger partial charge in [-0.1, -0.05) is 12.1 Å². The Balaban J connectivity index is 0.00000420. The number of nitrogens with zero attached hydrogens (tertiary/aromatic N) is 4. The number of piperazine rings is 1. The zero-order chi connectivity index (χ0) is 20.7. The van der Waals surface area contributed by atoms with Crippen LogP contribution in [-0.4, -0.2) is 86.2 Å². The van der Waals surface area contributed by atoms with Gasteiger partial charge in [-0.25, -0.2) is 4.39 Å². The number of likely N-dealkylation sites (N-methyl/N-ethyl adjacent to an activating group) is 1. The molecule has 1 aromatic carbocycles. The first-order valence-corrected chi connectivity index (χ1v) is 9.40. The molecule has 0 saturated carbocycles. The van der Waals surface area contributed by atoms with Gasteiger partial charge in [0.2, 0.25) is 0 Å². The van der Waals surface area contributed by atoms with E-state index in [1.54, 1.807) is 19.2 Å². The highest BCUT2D eigenvalue weighted by molar-refractivity contribution is 14.0. The Morgan fingerprint density at radius 2 is 1.76 bits per heavy atom. The van der Waals surface area contributed by atoms with Gasteiger partial charge in [0, 0.05) is 52.9 Å². The minimum absolute atomic E-state index is 0. The summed E-state index contributed by atoms with van der Waals surface area (Å²) >= 11 is 0. The van der Waals surface area contributed by atoms with Gasteiger partial charge in [-0.3, -0.25) is 9.89 Å². The Labute approximate surface area is 187 Å². The van der Waals surface area contributed by atoms with Crippen molar-refractivity contribution in [3.63, 3.8) is 0 Å². The Hall–Kier alpha value is -1.14. The number of hydrogen-bond donors (Lipinski definition) is 1. The summed E-state index contributed by atoms with van der Waals surface area (Å²) < 4.78 is 51.5. The second-order valence-electron chi connectivity index (χ2n) is 7.08. The molecule has 1 saturated heterocycles. The largest absolute Gasteiger partial charge is 0.403 e. The number of alkyl halides is 3. The molecule has 29 heavy (non-hydrogen) atoms.